The Hall–Kier alpha value is -1.88. The van der Waals surface area contributed by atoms with Gasteiger partial charge in [-0.2, -0.15) is 0 Å². The second kappa shape index (κ2) is 5.01. The van der Waals surface area contributed by atoms with E-state index in [9.17, 15) is 9.59 Å². The number of aliphatic hydroxyl groups excluding tert-OH is 1. The smallest absolute Gasteiger partial charge is 0.325 e. The van der Waals surface area contributed by atoms with Gasteiger partial charge in [-0.3, -0.25) is 9.69 Å². The normalized spacial score (nSPS) is 22.8. The molecule has 1 saturated heterocycles. The zero-order valence-corrected chi connectivity index (χ0v) is 11.1. The Bertz CT molecular complexity index is 498. The van der Waals surface area contributed by atoms with Gasteiger partial charge >= 0.3 is 6.03 Å². The molecule has 0 aromatic heterocycles. The summed E-state index contributed by atoms with van der Waals surface area (Å²) in [5.41, 5.74) is 0.887. The summed E-state index contributed by atoms with van der Waals surface area (Å²) < 4.78 is 0. The number of β-amino-alcohol motifs (C(OH)–C–C–N with tert-alkyl or cyclic N) is 1. The molecule has 0 spiro atoms. The van der Waals surface area contributed by atoms with Gasteiger partial charge in [-0.15, -0.1) is 0 Å². The van der Waals surface area contributed by atoms with E-state index in [4.69, 9.17) is 5.11 Å². The summed E-state index contributed by atoms with van der Waals surface area (Å²) in [5.74, 6) is -0.323. The molecule has 2 N–H and O–H groups in total. The Morgan fingerprint density at radius 1 is 1.26 bits per heavy atom. The molecule has 5 nitrogen and oxygen atoms in total. The third-order valence-electron chi connectivity index (χ3n) is 3.54. The standard InChI is InChI=1S/C14H18N2O3/c1-3-10-4-6-11(7-5-10)14(2)12(18)16(8-9-17)13(19)15-14/h4-7,17H,3,8-9H2,1-2H3,(H,15,19). The van der Waals surface area contributed by atoms with Gasteiger partial charge in [0.1, 0.15) is 5.54 Å². The van der Waals surface area contributed by atoms with E-state index in [0.717, 1.165) is 16.9 Å². The predicted octanol–water partition coefficient (Wildman–Crippen LogP) is 1.01. The first-order valence-electron chi connectivity index (χ1n) is 6.37. The van der Waals surface area contributed by atoms with Crippen LogP contribution >= 0.6 is 0 Å². The highest BCUT2D eigenvalue weighted by molar-refractivity contribution is 6.07. The van der Waals surface area contributed by atoms with Gasteiger partial charge in [-0.05, 0) is 24.5 Å². The minimum Gasteiger partial charge on any atom is -0.395 e. The highest BCUT2D eigenvalue weighted by Crippen LogP contribution is 2.28. The maximum Gasteiger partial charge on any atom is 0.325 e. The molecule has 0 aliphatic carbocycles. The van der Waals surface area contributed by atoms with E-state index in [2.05, 4.69) is 12.2 Å². The van der Waals surface area contributed by atoms with Crippen LogP contribution in [-0.2, 0) is 16.8 Å². The molecule has 19 heavy (non-hydrogen) atoms. The second-order valence-electron chi connectivity index (χ2n) is 4.79. The Balaban J connectivity index is 2.32. The van der Waals surface area contributed by atoms with Crippen LogP contribution in [0.15, 0.2) is 24.3 Å². The van der Waals surface area contributed by atoms with E-state index in [1.807, 2.05) is 24.3 Å². The average Bonchev–Trinajstić information content (AvgIpc) is 2.64. The van der Waals surface area contributed by atoms with Gasteiger partial charge in [-0.25, -0.2) is 4.79 Å². The Labute approximate surface area is 112 Å². The summed E-state index contributed by atoms with van der Waals surface area (Å²) in [6.07, 6.45) is 0.925. The number of imide groups is 1. The Kier molecular flexibility index (Phi) is 3.57. The van der Waals surface area contributed by atoms with Crippen molar-refractivity contribution in [1.82, 2.24) is 10.2 Å². The lowest BCUT2D eigenvalue weighted by molar-refractivity contribution is -0.131. The van der Waals surface area contributed by atoms with Crippen LogP contribution in [0.3, 0.4) is 0 Å². The van der Waals surface area contributed by atoms with Crippen molar-refractivity contribution in [1.29, 1.82) is 0 Å². The quantitative estimate of drug-likeness (QED) is 0.796. The van der Waals surface area contributed by atoms with Crippen molar-refractivity contribution in [3.05, 3.63) is 35.4 Å². The average molecular weight is 262 g/mol. The van der Waals surface area contributed by atoms with E-state index in [-0.39, 0.29) is 19.1 Å². The first kappa shape index (κ1) is 13.5. The summed E-state index contributed by atoms with van der Waals surface area (Å²) in [6, 6.07) is 7.17. The first-order chi connectivity index (χ1) is 9.02. The number of hydrogen-bond acceptors (Lipinski definition) is 3. The van der Waals surface area contributed by atoms with Gasteiger partial charge in [0.25, 0.3) is 5.91 Å². The third-order valence-corrected chi connectivity index (χ3v) is 3.54. The monoisotopic (exact) mass is 262 g/mol. The molecule has 102 valence electrons. The minimum absolute atomic E-state index is 0.0211. The lowest BCUT2D eigenvalue weighted by atomic mass is 9.91. The number of hydrogen-bond donors (Lipinski definition) is 2. The molecule has 1 aromatic carbocycles. The Morgan fingerprint density at radius 3 is 2.42 bits per heavy atom. The molecule has 1 fully saturated rings. The number of carbonyl (C=O) groups is 2. The van der Waals surface area contributed by atoms with Crippen LogP contribution in [0, 0.1) is 0 Å². The van der Waals surface area contributed by atoms with Crippen LogP contribution in [0.4, 0.5) is 4.79 Å². The molecule has 0 saturated carbocycles. The van der Waals surface area contributed by atoms with Crippen LogP contribution in [0.5, 0.6) is 0 Å². The number of urea groups is 1. The van der Waals surface area contributed by atoms with Crippen LogP contribution in [0.1, 0.15) is 25.0 Å². The summed E-state index contributed by atoms with van der Waals surface area (Å²) in [5, 5.41) is 11.6. The van der Waals surface area contributed by atoms with Crippen molar-refractivity contribution in [2.24, 2.45) is 0 Å². The van der Waals surface area contributed by atoms with Gasteiger partial charge in [0.15, 0.2) is 0 Å². The molecule has 1 unspecified atom stereocenters. The predicted molar refractivity (Wildman–Crippen MR) is 70.5 cm³/mol. The van der Waals surface area contributed by atoms with E-state index < -0.39 is 11.6 Å². The topological polar surface area (TPSA) is 69.6 Å². The van der Waals surface area contributed by atoms with Crippen molar-refractivity contribution >= 4 is 11.9 Å². The molecular weight excluding hydrogens is 244 g/mol. The van der Waals surface area contributed by atoms with Gasteiger partial charge in [0, 0.05) is 0 Å². The molecule has 2 rings (SSSR count). The molecule has 0 radical (unpaired) electrons. The maximum atomic E-state index is 12.3. The number of nitrogens with one attached hydrogen (secondary N) is 1. The van der Waals surface area contributed by atoms with Crippen LogP contribution in [0.2, 0.25) is 0 Å². The van der Waals surface area contributed by atoms with Crippen molar-refractivity contribution in [2.45, 2.75) is 25.8 Å². The summed E-state index contributed by atoms with van der Waals surface area (Å²) in [6.45, 7) is 3.53. The lowest BCUT2D eigenvalue weighted by Gasteiger charge is -2.22. The number of rotatable bonds is 4. The van der Waals surface area contributed by atoms with Gasteiger partial charge in [0.2, 0.25) is 0 Å². The van der Waals surface area contributed by atoms with Crippen LogP contribution in [-0.4, -0.2) is 35.1 Å². The molecule has 5 heteroatoms. The molecule has 1 aliphatic rings. The number of carbonyl (C=O) groups excluding carboxylic acids is 2. The molecule has 1 aromatic rings. The van der Waals surface area contributed by atoms with E-state index >= 15 is 0 Å². The van der Waals surface area contributed by atoms with E-state index in [1.54, 1.807) is 6.92 Å². The number of nitrogens with zero attached hydrogens (tertiary/aromatic N) is 1. The van der Waals surface area contributed by atoms with Crippen molar-refractivity contribution in [3.8, 4) is 0 Å². The summed E-state index contributed by atoms with van der Waals surface area (Å²) >= 11 is 0. The molecule has 0 bridgehead atoms. The highest BCUT2D eigenvalue weighted by atomic mass is 16.3. The first-order valence-corrected chi connectivity index (χ1v) is 6.37. The van der Waals surface area contributed by atoms with Crippen LogP contribution in [0.25, 0.3) is 0 Å². The van der Waals surface area contributed by atoms with Crippen molar-refractivity contribution in [3.63, 3.8) is 0 Å². The van der Waals surface area contributed by atoms with E-state index in [0.29, 0.717) is 0 Å². The SMILES string of the molecule is CCc1ccc(C2(C)NC(=O)N(CCO)C2=O)cc1. The largest absolute Gasteiger partial charge is 0.395 e. The number of aliphatic hydroxyl groups is 1. The molecule has 1 heterocycles. The fraction of sp³-hybridized carbons (Fsp3) is 0.429. The zero-order valence-electron chi connectivity index (χ0n) is 11.1. The van der Waals surface area contributed by atoms with Crippen molar-refractivity contribution in [2.75, 3.05) is 13.2 Å². The van der Waals surface area contributed by atoms with Gasteiger partial charge < -0.3 is 10.4 Å². The Morgan fingerprint density at radius 2 is 1.89 bits per heavy atom. The van der Waals surface area contributed by atoms with E-state index in [1.165, 1.54) is 5.56 Å². The lowest BCUT2D eigenvalue weighted by Crippen LogP contribution is -2.41. The molecule has 1 atom stereocenters. The van der Waals surface area contributed by atoms with Crippen molar-refractivity contribution < 1.29 is 14.7 Å². The maximum absolute atomic E-state index is 12.3. The second-order valence-corrected chi connectivity index (χ2v) is 4.79. The summed E-state index contributed by atoms with van der Waals surface area (Å²) in [7, 11) is 0. The molecular formula is C14H18N2O3. The molecule has 1 aliphatic heterocycles. The van der Waals surface area contributed by atoms with Gasteiger partial charge in [-0.1, -0.05) is 31.2 Å². The summed E-state index contributed by atoms with van der Waals surface area (Å²) in [4.78, 5) is 25.1. The fourth-order valence-corrected chi connectivity index (χ4v) is 2.27. The molecule has 3 amide bonds. The van der Waals surface area contributed by atoms with Gasteiger partial charge in [0.05, 0.1) is 13.2 Å². The number of amides is 3. The minimum atomic E-state index is -1.04. The number of benzene rings is 1. The van der Waals surface area contributed by atoms with Crippen LogP contribution < -0.4 is 5.32 Å². The number of aryl methyl sites for hydroxylation is 1. The zero-order chi connectivity index (χ0) is 14.0. The fourth-order valence-electron chi connectivity index (χ4n) is 2.27. The third kappa shape index (κ3) is 2.21. The highest BCUT2D eigenvalue weighted by Gasteiger charge is 2.48.